The molecule has 7 nitrogen and oxygen atoms in total. The molecule has 0 radical (unpaired) electrons. The minimum atomic E-state index is -0.878. The number of amides is 4. The molecule has 1 spiro atoms. The van der Waals surface area contributed by atoms with Gasteiger partial charge in [-0.2, -0.15) is 0 Å². The van der Waals surface area contributed by atoms with Crippen molar-refractivity contribution in [2.45, 2.75) is 38.8 Å². The number of H-pyrrole nitrogens is 1. The van der Waals surface area contributed by atoms with Crippen molar-refractivity contribution in [3.05, 3.63) is 59.9 Å². The summed E-state index contributed by atoms with van der Waals surface area (Å²) in [5.41, 5.74) is 0.731. The van der Waals surface area contributed by atoms with E-state index in [2.05, 4.69) is 4.98 Å². The van der Waals surface area contributed by atoms with Crippen LogP contribution >= 0.6 is 0 Å². The predicted molar refractivity (Wildman–Crippen MR) is 113 cm³/mol. The van der Waals surface area contributed by atoms with Crippen molar-refractivity contribution in [3.63, 3.8) is 0 Å². The van der Waals surface area contributed by atoms with E-state index in [-0.39, 0.29) is 23.8 Å². The van der Waals surface area contributed by atoms with Crippen LogP contribution in [0.2, 0.25) is 0 Å². The molecule has 2 aliphatic heterocycles. The molecule has 7 heteroatoms. The molecule has 0 bridgehead atoms. The summed E-state index contributed by atoms with van der Waals surface area (Å²) in [7, 11) is 0. The molecule has 1 aromatic carbocycles. The molecular weight excluding hydrogens is 380 g/mol. The zero-order valence-corrected chi connectivity index (χ0v) is 17.5. The topological polar surface area (TPSA) is 76.7 Å². The summed E-state index contributed by atoms with van der Waals surface area (Å²) in [5.74, 6) is 0.0317. The van der Waals surface area contributed by atoms with E-state index in [0.717, 1.165) is 5.56 Å². The number of urea groups is 1. The number of rotatable bonds is 5. The van der Waals surface area contributed by atoms with E-state index in [9.17, 15) is 14.4 Å². The van der Waals surface area contributed by atoms with E-state index in [4.69, 9.17) is 0 Å². The lowest BCUT2D eigenvalue weighted by Crippen LogP contribution is -2.57. The molecule has 0 aliphatic carbocycles. The number of carbonyl (C=O) groups excluding carboxylic acids is 3. The van der Waals surface area contributed by atoms with Gasteiger partial charge in [-0.25, -0.2) is 4.79 Å². The Labute approximate surface area is 176 Å². The van der Waals surface area contributed by atoms with Crippen molar-refractivity contribution in [3.8, 4) is 0 Å². The molecule has 4 rings (SSSR count). The van der Waals surface area contributed by atoms with E-state index in [1.807, 2.05) is 44.2 Å². The number of carbonyl (C=O) groups is 3. The highest BCUT2D eigenvalue weighted by atomic mass is 16.2. The molecule has 158 valence electrons. The van der Waals surface area contributed by atoms with Gasteiger partial charge >= 0.3 is 6.03 Å². The Kier molecular flexibility index (Phi) is 5.37. The fourth-order valence-electron chi connectivity index (χ4n) is 4.50. The van der Waals surface area contributed by atoms with Crippen molar-refractivity contribution >= 4 is 17.8 Å². The average Bonchev–Trinajstić information content (AvgIpc) is 3.34. The number of aromatic amines is 1. The molecule has 4 amide bonds. The minimum Gasteiger partial charge on any atom is -0.367 e. The van der Waals surface area contributed by atoms with Gasteiger partial charge < -0.3 is 14.8 Å². The first-order valence-electron chi connectivity index (χ1n) is 10.5. The number of imide groups is 1. The van der Waals surface area contributed by atoms with E-state index in [1.165, 1.54) is 4.90 Å². The second kappa shape index (κ2) is 7.97. The van der Waals surface area contributed by atoms with Gasteiger partial charge in [0.25, 0.3) is 11.8 Å². The Balaban J connectivity index is 1.59. The number of nitrogens with zero attached hydrogens (tertiary/aromatic N) is 3. The van der Waals surface area contributed by atoms with Crippen LogP contribution in [0.3, 0.4) is 0 Å². The van der Waals surface area contributed by atoms with Crippen molar-refractivity contribution in [2.75, 3.05) is 19.6 Å². The zero-order chi connectivity index (χ0) is 21.3. The predicted octanol–water partition coefficient (Wildman–Crippen LogP) is 3.11. The van der Waals surface area contributed by atoms with Crippen LogP contribution < -0.4 is 0 Å². The van der Waals surface area contributed by atoms with Gasteiger partial charge in [0.15, 0.2) is 0 Å². The number of likely N-dealkylation sites (tertiary alicyclic amines) is 1. The average molecular weight is 409 g/mol. The molecule has 0 saturated carbocycles. The van der Waals surface area contributed by atoms with Gasteiger partial charge in [-0.3, -0.25) is 14.5 Å². The van der Waals surface area contributed by atoms with E-state index < -0.39 is 5.54 Å². The summed E-state index contributed by atoms with van der Waals surface area (Å²) < 4.78 is 0. The Morgan fingerprint density at radius 1 is 1.10 bits per heavy atom. The minimum absolute atomic E-state index is 0.0449. The molecule has 1 aromatic heterocycles. The third-order valence-electron chi connectivity index (χ3n) is 6.08. The number of aromatic nitrogens is 1. The Hall–Kier alpha value is -3.09. The molecule has 2 aliphatic rings. The molecule has 0 unspecified atom stereocenters. The highest BCUT2D eigenvalue weighted by Crippen LogP contribution is 2.39. The maximum Gasteiger partial charge on any atom is 0.327 e. The molecule has 3 heterocycles. The van der Waals surface area contributed by atoms with Crippen LogP contribution in [-0.4, -0.2) is 62.7 Å². The van der Waals surface area contributed by atoms with Gasteiger partial charge in [0.05, 0.1) is 5.56 Å². The normalized spacial score (nSPS) is 18.7. The number of nitrogens with one attached hydrogen (secondary N) is 1. The molecule has 2 fully saturated rings. The first kappa shape index (κ1) is 20.2. The number of piperidine rings is 1. The summed E-state index contributed by atoms with van der Waals surface area (Å²) in [6.45, 7) is 5.71. The smallest absolute Gasteiger partial charge is 0.327 e. The van der Waals surface area contributed by atoms with Crippen LogP contribution in [0.15, 0.2) is 48.8 Å². The Morgan fingerprint density at radius 2 is 1.80 bits per heavy atom. The van der Waals surface area contributed by atoms with Crippen molar-refractivity contribution < 1.29 is 14.4 Å². The van der Waals surface area contributed by atoms with Gasteiger partial charge in [-0.15, -0.1) is 0 Å². The third kappa shape index (κ3) is 3.49. The van der Waals surface area contributed by atoms with Gasteiger partial charge in [0.1, 0.15) is 5.54 Å². The van der Waals surface area contributed by atoms with Crippen LogP contribution in [0.25, 0.3) is 0 Å². The van der Waals surface area contributed by atoms with E-state index in [0.29, 0.717) is 44.6 Å². The molecule has 2 aromatic rings. The van der Waals surface area contributed by atoms with Crippen LogP contribution in [0.4, 0.5) is 4.79 Å². The standard InChI is InChI=1S/C23H28N4O3/c1-17(2)15-26-21(29)23(27(22(26)30)16-18-6-4-3-5-7-18)9-12-25(13-10-23)20(28)19-8-11-24-14-19/h3-8,11,14,17,24H,9-10,12-13,15-16H2,1-2H3. The highest BCUT2D eigenvalue weighted by molar-refractivity contribution is 6.07. The van der Waals surface area contributed by atoms with E-state index in [1.54, 1.807) is 28.3 Å². The highest BCUT2D eigenvalue weighted by Gasteiger charge is 2.58. The van der Waals surface area contributed by atoms with E-state index >= 15 is 0 Å². The fraction of sp³-hybridized carbons (Fsp3) is 0.435. The molecule has 0 atom stereocenters. The number of hydrogen-bond acceptors (Lipinski definition) is 3. The number of benzene rings is 1. The van der Waals surface area contributed by atoms with Crippen molar-refractivity contribution in [1.82, 2.24) is 19.7 Å². The van der Waals surface area contributed by atoms with Gasteiger partial charge in [-0.1, -0.05) is 44.2 Å². The third-order valence-corrected chi connectivity index (χ3v) is 6.08. The lowest BCUT2D eigenvalue weighted by Gasteiger charge is -2.42. The summed E-state index contributed by atoms with van der Waals surface area (Å²) >= 11 is 0. The Morgan fingerprint density at radius 3 is 2.40 bits per heavy atom. The van der Waals surface area contributed by atoms with Crippen LogP contribution in [0, 0.1) is 5.92 Å². The van der Waals surface area contributed by atoms with Gasteiger partial charge in [0.2, 0.25) is 0 Å². The summed E-state index contributed by atoms with van der Waals surface area (Å²) in [6.07, 6.45) is 4.32. The maximum absolute atomic E-state index is 13.5. The summed E-state index contributed by atoms with van der Waals surface area (Å²) in [4.78, 5) is 47.3. The molecule has 30 heavy (non-hydrogen) atoms. The molecule has 1 N–H and O–H groups in total. The second-order valence-electron chi connectivity index (χ2n) is 8.59. The lowest BCUT2D eigenvalue weighted by molar-refractivity contribution is -0.135. The van der Waals surface area contributed by atoms with Gasteiger partial charge in [0, 0.05) is 38.6 Å². The first-order chi connectivity index (χ1) is 14.4. The van der Waals surface area contributed by atoms with Crippen molar-refractivity contribution in [2.24, 2.45) is 5.92 Å². The molecule has 2 saturated heterocycles. The Bertz CT molecular complexity index is 915. The van der Waals surface area contributed by atoms with Crippen molar-refractivity contribution in [1.29, 1.82) is 0 Å². The summed E-state index contributed by atoms with van der Waals surface area (Å²) in [5, 5.41) is 0. The largest absolute Gasteiger partial charge is 0.367 e. The fourth-order valence-corrected chi connectivity index (χ4v) is 4.50. The van der Waals surface area contributed by atoms with Crippen LogP contribution in [0.5, 0.6) is 0 Å². The quantitative estimate of drug-likeness (QED) is 0.773. The second-order valence-corrected chi connectivity index (χ2v) is 8.59. The number of hydrogen-bond donors (Lipinski definition) is 1. The monoisotopic (exact) mass is 408 g/mol. The van der Waals surface area contributed by atoms with Crippen LogP contribution in [-0.2, 0) is 11.3 Å². The van der Waals surface area contributed by atoms with Gasteiger partial charge in [-0.05, 0) is 30.4 Å². The lowest BCUT2D eigenvalue weighted by atomic mass is 9.85. The first-order valence-corrected chi connectivity index (χ1v) is 10.5. The molecular formula is C23H28N4O3. The zero-order valence-electron chi connectivity index (χ0n) is 17.5. The maximum atomic E-state index is 13.5. The van der Waals surface area contributed by atoms with Crippen LogP contribution in [0.1, 0.15) is 42.6 Å². The SMILES string of the molecule is CC(C)CN1C(=O)N(Cc2ccccc2)C2(CCN(C(=O)c3cc[nH]c3)CC2)C1=O. The summed E-state index contributed by atoms with van der Waals surface area (Å²) in [6, 6.07) is 11.3.